The van der Waals surface area contributed by atoms with Crippen LogP contribution in [0.3, 0.4) is 0 Å². The lowest BCUT2D eigenvalue weighted by Crippen LogP contribution is -2.44. The highest BCUT2D eigenvalue weighted by molar-refractivity contribution is 4.79. The van der Waals surface area contributed by atoms with Crippen LogP contribution in [0.1, 0.15) is 45.4 Å². The maximum atomic E-state index is 3.75. The molecule has 0 aromatic carbocycles. The van der Waals surface area contributed by atoms with Crippen LogP contribution in [0.25, 0.3) is 0 Å². The molecule has 1 atom stereocenters. The molecule has 3 heteroatoms. The molecule has 0 spiro atoms. The maximum absolute atomic E-state index is 3.75. The van der Waals surface area contributed by atoms with Crippen molar-refractivity contribution in [2.75, 3.05) is 39.8 Å². The fourth-order valence-electron chi connectivity index (χ4n) is 3.52. The van der Waals surface area contributed by atoms with Gasteiger partial charge in [-0.05, 0) is 45.8 Å². The van der Waals surface area contributed by atoms with Crippen LogP contribution >= 0.6 is 0 Å². The first kappa shape index (κ1) is 14.3. The zero-order valence-electron chi connectivity index (χ0n) is 12.3. The second-order valence-electron chi connectivity index (χ2n) is 6.15. The summed E-state index contributed by atoms with van der Waals surface area (Å²) in [7, 11) is 2.27. The van der Waals surface area contributed by atoms with Gasteiger partial charge in [0.1, 0.15) is 0 Å². The summed E-state index contributed by atoms with van der Waals surface area (Å²) >= 11 is 0. The van der Waals surface area contributed by atoms with E-state index in [1.165, 1.54) is 71.2 Å². The fourth-order valence-corrected chi connectivity index (χ4v) is 3.52. The first-order valence-electron chi connectivity index (χ1n) is 7.95. The average Bonchev–Trinajstić information content (AvgIpc) is 2.81. The topological polar surface area (TPSA) is 18.5 Å². The zero-order valence-corrected chi connectivity index (χ0v) is 12.3. The van der Waals surface area contributed by atoms with Crippen LogP contribution in [0.5, 0.6) is 0 Å². The van der Waals surface area contributed by atoms with E-state index in [1.54, 1.807) is 0 Å². The molecule has 1 N–H and O–H groups in total. The van der Waals surface area contributed by atoms with Gasteiger partial charge in [-0.3, -0.25) is 4.90 Å². The molecule has 2 aliphatic rings. The first-order valence-corrected chi connectivity index (χ1v) is 7.95. The molecular formula is C15H31N3. The van der Waals surface area contributed by atoms with Crippen LogP contribution in [0.2, 0.25) is 0 Å². The van der Waals surface area contributed by atoms with Gasteiger partial charge in [0.2, 0.25) is 0 Å². The monoisotopic (exact) mass is 253 g/mol. The van der Waals surface area contributed by atoms with Crippen LogP contribution in [-0.4, -0.2) is 61.7 Å². The molecule has 1 aliphatic carbocycles. The Morgan fingerprint density at radius 1 is 1.11 bits per heavy atom. The van der Waals surface area contributed by atoms with Gasteiger partial charge in [-0.2, -0.15) is 0 Å². The summed E-state index contributed by atoms with van der Waals surface area (Å²) in [4.78, 5) is 5.21. The van der Waals surface area contributed by atoms with Gasteiger partial charge in [0.25, 0.3) is 0 Å². The predicted octanol–water partition coefficient (Wildman–Crippen LogP) is 1.93. The summed E-state index contributed by atoms with van der Waals surface area (Å²) in [6, 6.07) is 1.59. The van der Waals surface area contributed by atoms with Crippen molar-refractivity contribution in [2.45, 2.75) is 57.5 Å². The molecule has 2 fully saturated rings. The predicted molar refractivity (Wildman–Crippen MR) is 78.0 cm³/mol. The smallest absolute Gasteiger partial charge is 0.0220 e. The molecule has 1 unspecified atom stereocenters. The van der Waals surface area contributed by atoms with Gasteiger partial charge in [0, 0.05) is 31.7 Å². The van der Waals surface area contributed by atoms with E-state index in [9.17, 15) is 0 Å². The van der Waals surface area contributed by atoms with Gasteiger partial charge in [-0.15, -0.1) is 0 Å². The summed E-state index contributed by atoms with van der Waals surface area (Å²) in [5.74, 6) is 0. The zero-order chi connectivity index (χ0) is 12.8. The SMILES string of the molecule is CCC1CN(C)CCCN1CCNC1CCCC1. The van der Waals surface area contributed by atoms with Gasteiger partial charge in [0.05, 0.1) is 0 Å². The van der Waals surface area contributed by atoms with Crippen LogP contribution < -0.4 is 5.32 Å². The standard InChI is InChI=1S/C15H31N3/c1-3-15-13-17(2)10-6-11-18(15)12-9-16-14-7-4-5-8-14/h14-16H,3-13H2,1-2H3. The molecule has 1 heterocycles. The van der Waals surface area contributed by atoms with Gasteiger partial charge >= 0.3 is 0 Å². The van der Waals surface area contributed by atoms with Crippen molar-refractivity contribution >= 4 is 0 Å². The second kappa shape index (κ2) is 7.46. The molecule has 18 heavy (non-hydrogen) atoms. The van der Waals surface area contributed by atoms with Crippen molar-refractivity contribution in [3.05, 3.63) is 0 Å². The first-order chi connectivity index (χ1) is 8.79. The summed E-state index contributed by atoms with van der Waals surface area (Å²) in [6.45, 7) is 8.56. The Bertz CT molecular complexity index is 226. The van der Waals surface area contributed by atoms with Gasteiger partial charge < -0.3 is 10.2 Å². The number of likely N-dealkylation sites (N-methyl/N-ethyl adjacent to an activating group) is 1. The highest BCUT2D eigenvalue weighted by atomic mass is 15.2. The molecular weight excluding hydrogens is 222 g/mol. The third kappa shape index (κ3) is 4.22. The molecule has 2 rings (SSSR count). The average molecular weight is 253 g/mol. The van der Waals surface area contributed by atoms with E-state index in [-0.39, 0.29) is 0 Å². The molecule has 1 saturated carbocycles. The molecule has 0 radical (unpaired) electrons. The number of hydrogen-bond acceptors (Lipinski definition) is 3. The molecule has 0 amide bonds. The third-order valence-corrected chi connectivity index (χ3v) is 4.68. The minimum Gasteiger partial charge on any atom is -0.313 e. The molecule has 1 saturated heterocycles. The summed E-state index contributed by atoms with van der Waals surface area (Å²) in [6.07, 6.45) is 8.29. The third-order valence-electron chi connectivity index (χ3n) is 4.68. The maximum Gasteiger partial charge on any atom is 0.0220 e. The summed E-state index contributed by atoms with van der Waals surface area (Å²) < 4.78 is 0. The van der Waals surface area contributed by atoms with Gasteiger partial charge in [-0.25, -0.2) is 0 Å². The van der Waals surface area contributed by atoms with Crippen LogP contribution in [0.4, 0.5) is 0 Å². The Morgan fingerprint density at radius 3 is 2.61 bits per heavy atom. The number of nitrogens with zero attached hydrogens (tertiary/aromatic N) is 2. The highest BCUT2D eigenvalue weighted by Gasteiger charge is 2.22. The molecule has 0 bridgehead atoms. The quantitative estimate of drug-likeness (QED) is 0.808. The number of rotatable bonds is 5. The molecule has 1 aliphatic heterocycles. The van der Waals surface area contributed by atoms with Crippen molar-refractivity contribution in [2.24, 2.45) is 0 Å². The Morgan fingerprint density at radius 2 is 1.89 bits per heavy atom. The van der Waals surface area contributed by atoms with E-state index >= 15 is 0 Å². The van der Waals surface area contributed by atoms with E-state index in [2.05, 4.69) is 29.1 Å². The Labute approximate surface area is 113 Å². The van der Waals surface area contributed by atoms with Gasteiger partial charge in [-0.1, -0.05) is 19.8 Å². The second-order valence-corrected chi connectivity index (χ2v) is 6.15. The number of nitrogens with one attached hydrogen (secondary N) is 1. The number of hydrogen-bond donors (Lipinski definition) is 1. The lowest BCUT2D eigenvalue weighted by Gasteiger charge is -2.30. The Kier molecular flexibility index (Phi) is 5.93. The highest BCUT2D eigenvalue weighted by Crippen LogP contribution is 2.17. The van der Waals surface area contributed by atoms with E-state index in [4.69, 9.17) is 0 Å². The van der Waals surface area contributed by atoms with E-state index < -0.39 is 0 Å². The Hall–Kier alpha value is -0.120. The minimum absolute atomic E-state index is 0.767. The van der Waals surface area contributed by atoms with Crippen molar-refractivity contribution < 1.29 is 0 Å². The van der Waals surface area contributed by atoms with Crippen molar-refractivity contribution in [3.63, 3.8) is 0 Å². The van der Waals surface area contributed by atoms with E-state index in [1.807, 2.05) is 0 Å². The van der Waals surface area contributed by atoms with E-state index in [0.717, 1.165) is 12.1 Å². The fraction of sp³-hybridized carbons (Fsp3) is 1.00. The molecule has 106 valence electrons. The Balaban J connectivity index is 1.71. The largest absolute Gasteiger partial charge is 0.313 e. The summed E-state index contributed by atoms with van der Waals surface area (Å²) in [5.41, 5.74) is 0. The van der Waals surface area contributed by atoms with E-state index in [0.29, 0.717) is 0 Å². The minimum atomic E-state index is 0.767. The lowest BCUT2D eigenvalue weighted by atomic mass is 10.2. The summed E-state index contributed by atoms with van der Waals surface area (Å²) in [5, 5.41) is 3.75. The lowest BCUT2D eigenvalue weighted by molar-refractivity contribution is 0.182. The van der Waals surface area contributed by atoms with Crippen molar-refractivity contribution in [1.82, 2.24) is 15.1 Å². The van der Waals surface area contributed by atoms with Crippen LogP contribution in [-0.2, 0) is 0 Å². The molecule has 3 nitrogen and oxygen atoms in total. The van der Waals surface area contributed by atoms with Crippen molar-refractivity contribution in [1.29, 1.82) is 0 Å². The van der Waals surface area contributed by atoms with Crippen LogP contribution in [0.15, 0.2) is 0 Å². The van der Waals surface area contributed by atoms with Crippen molar-refractivity contribution in [3.8, 4) is 0 Å². The van der Waals surface area contributed by atoms with Gasteiger partial charge in [0.15, 0.2) is 0 Å². The van der Waals surface area contributed by atoms with Crippen LogP contribution in [0, 0.1) is 0 Å². The molecule has 0 aromatic rings. The molecule has 0 aromatic heterocycles. The normalized spacial score (nSPS) is 28.7.